The summed E-state index contributed by atoms with van der Waals surface area (Å²) in [4.78, 5) is -0.203. The van der Waals surface area contributed by atoms with Crippen molar-refractivity contribution in [1.29, 1.82) is 0 Å². The molecule has 0 heterocycles. The van der Waals surface area contributed by atoms with E-state index < -0.39 is 0 Å². The van der Waals surface area contributed by atoms with E-state index in [1.807, 2.05) is 25.1 Å². The Bertz CT molecular complexity index is 436. The molecule has 1 aliphatic carbocycles. The number of rotatable bonds is 3. The molecule has 1 aromatic carbocycles. The van der Waals surface area contributed by atoms with E-state index in [4.69, 9.17) is 16.3 Å². The van der Waals surface area contributed by atoms with E-state index in [0.29, 0.717) is 0 Å². The van der Waals surface area contributed by atoms with Crippen molar-refractivity contribution >= 4 is 33.6 Å². The molecule has 0 spiro atoms. The first-order valence-electron chi connectivity index (χ1n) is 5.30. The van der Waals surface area contributed by atoms with Gasteiger partial charge in [-0.1, -0.05) is 28.1 Å². The third kappa shape index (κ3) is 2.14. The molecule has 3 heteroatoms. The van der Waals surface area contributed by atoms with Crippen LogP contribution in [0.4, 0.5) is 0 Å². The quantitative estimate of drug-likeness (QED) is 0.734. The van der Waals surface area contributed by atoms with Crippen LogP contribution in [0.15, 0.2) is 22.7 Å². The Balaban J connectivity index is 2.58. The molecule has 16 heavy (non-hydrogen) atoms. The molecule has 1 fully saturated rings. The highest BCUT2D eigenvalue weighted by Crippen LogP contribution is 2.55. The summed E-state index contributed by atoms with van der Waals surface area (Å²) in [6.07, 6.45) is 6.09. The molecule has 2 rings (SSSR count). The second-order valence-corrected chi connectivity index (χ2v) is 5.68. The van der Waals surface area contributed by atoms with Crippen LogP contribution in [0.2, 0.25) is 0 Å². The lowest BCUT2D eigenvalue weighted by Crippen LogP contribution is -2.02. The molecule has 1 aliphatic rings. The molecule has 0 aliphatic heterocycles. The topological polar surface area (TPSA) is 9.23 Å². The van der Waals surface area contributed by atoms with E-state index in [-0.39, 0.29) is 4.87 Å². The zero-order valence-electron chi connectivity index (χ0n) is 9.39. The van der Waals surface area contributed by atoms with Gasteiger partial charge in [0.15, 0.2) is 0 Å². The zero-order valence-corrected chi connectivity index (χ0v) is 11.7. The number of ether oxygens (including phenoxy) is 1. The monoisotopic (exact) mass is 300 g/mol. The second-order valence-electron chi connectivity index (χ2n) is 4.04. The van der Waals surface area contributed by atoms with Crippen LogP contribution in [0.25, 0.3) is 6.08 Å². The Labute approximate surface area is 110 Å². The van der Waals surface area contributed by atoms with Gasteiger partial charge in [0.25, 0.3) is 0 Å². The van der Waals surface area contributed by atoms with Gasteiger partial charge in [0, 0.05) is 15.6 Å². The second kappa shape index (κ2) is 4.42. The van der Waals surface area contributed by atoms with E-state index in [1.165, 1.54) is 0 Å². The van der Waals surface area contributed by atoms with Crippen LogP contribution in [-0.2, 0) is 4.87 Å². The minimum Gasteiger partial charge on any atom is -0.496 e. The van der Waals surface area contributed by atoms with Crippen molar-refractivity contribution in [3.8, 4) is 5.75 Å². The highest BCUT2D eigenvalue weighted by molar-refractivity contribution is 9.10. The maximum Gasteiger partial charge on any atom is 0.131 e. The normalized spacial score (nSPS) is 17.8. The van der Waals surface area contributed by atoms with E-state index in [2.05, 4.69) is 22.0 Å². The highest BCUT2D eigenvalue weighted by Gasteiger charge is 2.44. The van der Waals surface area contributed by atoms with E-state index in [1.54, 1.807) is 7.11 Å². The summed E-state index contributed by atoms with van der Waals surface area (Å²) in [5.74, 6) is 0.897. The van der Waals surface area contributed by atoms with Crippen LogP contribution >= 0.6 is 27.5 Å². The van der Waals surface area contributed by atoms with Crippen LogP contribution in [-0.4, -0.2) is 7.11 Å². The smallest absolute Gasteiger partial charge is 0.131 e. The van der Waals surface area contributed by atoms with Gasteiger partial charge < -0.3 is 4.74 Å². The lowest BCUT2D eigenvalue weighted by Gasteiger charge is -2.15. The molecule has 0 saturated heterocycles. The summed E-state index contributed by atoms with van der Waals surface area (Å²) in [5, 5.41) is 0. The van der Waals surface area contributed by atoms with Crippen LogP contribution in [0.5, 0.6) is 5.75 Å². The summed E-state index contributed by atoms with van der Waals surface area (Å²) in [7, 11) is 1.70. The summed E-state index contributed by atoms with van der Waals surface area (Å²) < 4.78 is 6.54. The first kappa shape index (κ1) is 12.0. The summed E-state index contributed by atoms with van der Waals surface area (Å²) in [5.41, 5.74) is 2.17. The maximum absolute atomic E-state index is 6.47. The standard InChI is InChI=1S/C13H14BrClO/c1-3-4-9-7-10(14)8-11(12(9)16-2)13(15)5-6-13/h3-4,7-8H,5-6H2,1-2H3. The molecule has 86 valence electrons. The summed E-state index contributed by atoms with van der Waals surface area (Å²) >= 11 is 9.99. The van der Waals surface area contributed by atoms with Crippen molar-refractivity contribution in [1.82, 2.24) is 0 Å². The van der Waals surface area contributed by atoms with Crippen molar-refractivity contribution in [2.45, 2.75) is 24.6 Å². The molecule has 1 saturated carbocycles. The summed E-state index contributed by atoms with van der Waals surface area (Å²) in [6, 6.07) is 4.11. The predicted molar refractivity (Wildman–Crippen MR) is 72.2 cm³/mol. The number of allylic oxidation sites excluding steroid dienone is 1. The average molecular weight is 302 g/mol. The van der Waals surface area contributed by atoms with E-state index in [9.17, 15) is 0 Å². The molecule has 0 atom stereocenters. The number of benzene rings is 1. The van der Waals surface area contributed by atoms with Crippen molar-refractivity contribution in [2.75, 3.05) is 7.11 Å². The number of halogens is 2. The van der Waals surface area contributed by atoms with Gasteiger partial charge in [-0.3, -0.25) is 0 Å². The van der Waals surface area contributed by atoms with E-state index >= 15 is 0 Å². The largest absolute Gasteiger partial charge is 0.496 e. The zero-order chi connectivity index (χ0) is 11.8. The van der Waals surface area contributed by atoms with Gasteiger partial charge in [0.1, 0.15) is 5.75 Å². The van der Waals surface area contributed by atoms with Gasteiger partial charge in [-0.2, -0.15) is 0 Å². The lowest BCUT2D eigenvalue weighted by molar-refractivity contribution is 0.407. The number of methoxy groups -OCH3 is 1. The third-order valence-corrected chi connectivity index (χ3v) is 3.84. The minimum absolute atomic E-state index is 0.203. The third-order valence-electron chi connectivity index (χ3n) is 2.80. The average Bonchev–Trinajstić information content (AvgIpc) is 2.98. The fourth-order valence-corrected chi connectivity index (χ4v) is 2.57. The first-order valence-corrected chi connectivity index (χ1v) is 6.47. The molecule has 1 nitrogen and oxygen atoms in total. The molecule has 0 aromatic heterocycles. The van der Waals surface area contributed by atoms with Crippen molar-refractivity contribution < 1.29 is 4.74 Å². The Morgan fingerprint density at radius 1 is 1.44 bits per heavy atom. The molecule has 0 amide bonds. The van der Waals surface area contributed by atoms with Crippen LogP contribution < -0.4 is 4.74 Å². The van der Waals surface area contributed by atoms with Crippen LogP contribution in [0.3, 0.4) is 0 Å². The molecule has 1 aromatic rings. The number of alkyl halides is 1. The fraction of sp³-hybridized carbons (Fsp3) is 0.385. The highest BCUT2D eigenvalue weighted by atomic mass is 79.9. The van der Waals surface area contributed by atoms with E-state index in [0.717, 1.165) is 34.2 Å². The fourth-order valence-electron chi connectivity index (χ4n) is 1.86. The van der Waals surface area contributed by atoms with Gasteiger partial charge >= 0.3 is 0 Å². The van der Waals surface area contributed by atoms with Crippen molar-refractivity contribution in [3.05, 3.63) is 33.8 Å². The Morgan fingerprint density at radius 2 is 2.12 bits per heavy atom. The molecule has 0 N–H and O–H groups in total. The van der Waals surface area contributed by atoms with Gasteiger partial charge in [-0.05, 0) is 31.9 Å². The Morgan fingerprint density at radius 3 is 2.62 bits per heavy atom. The predicted octanol–water partition coefficient (Wildman–Crippen LogP) is 4.72. The molecule has 0 bridgehead atoms. The van der Waals surface area contributed by atoms with Crippen LogP contribution in [0, 0.1) is 0 Å². The van der Waals surface area contributed by atoms with Gasteiger partial charge in [0.2, 0.25) is 0 Å². The number of hydrogen-bond acceptors (Lipinski definition) is 1. The van der Waals surface area contributed by atoms with Crippen LogP contribution in [0.1, 0.15) is 30.9 Å². The summed E-state index contributed by atoms with van der Waals surface area (Å²) in [6.45, 7) is 1.99. The minimum atomic E-state index is -0.203. The first-order chi connectivity index (χ1) is 7.60. The van der Waals surface area contributed by atoms with Gasteiger partial charge in [-0.25, -0.2) is 0 Å². The van der Waals surface area contributed by atoms with Crippen molar-refractivity contribution in [2.24, 2.45) is 0 Å². The lowest BCUT2D eigenvalue weighted by atomic mass is 10.0. The number of hydrogen-bond donors (Lipinski definition) is 0. The van der Waals surface area contributed by atoms with Gasteiger partial charge in [-0.15, -0.1) is 11.6 Å². The van der Waals surface area contributed by atoms with Crippen molar-refractivity contribution in [3.63, 3.8) is 0 Å². The molecular weight excluding hydrogens is 287 g/mol. The molecule has 0 unspecified atom stereocenters. The molecular formula is C13H14BrClO. The Kier molecular flexibility index (Phi) is 3.32. The SMILES string of the molecule is CC=Cc1cc(Br)cc(C2(Cl)CC2)c1OC. The molecule has 0 radical (unpaired) electrons. The van der Waals surface area contributed by atoms with Gasteiger partial charge in [0.05, 0.1) is 12.0 Å². The Hall–Kier alpha value is -0.470. The maximum atomic E-state index is 6.47.